The molecule has 1 aromatic carbocycles. The molecule has 0 fully saturated rings. The summed E-state index contributed by atoms with van der Waals surface area (Å²) in [7, 11) is 0. The van der Waals surface area contributed by atoms with Crippen molar-refractivity contribution in [2.24, 2.45) is 0 Å². The van der Waals surface area contributed by atoms with Crippen molar-refractivity contribution in [3.05, 3.63) is 52.4 Å². The van der Waals surface area contributed by atoms with Crippen LogP contribution in [0.2, 0.25) is 5.02 Å². The van der Waals surface area contributed by atoms with Crippen LogP contribution in [0.1, 0.15) is 24.0 Å². The summed E-state index contributed by atoms with van der Waals surface area (Å²) in [6.45, 7) is 3.76. The van der Waals surface area contributed by atoms with Gasteiger partial charge in [-0.15, -0.1) is 0 Å². The molecule has 0 aliphatic carbocycles. The van der Waals surface area contributed by atoms with E-state index in [1.54, 1.807) is 31.2 Å². The van der Waals surface area contributed by atoms with Gasteiger partial charge in [0.2, 0.25) is 0 Å². The lowest BCUT2D eigenvalue weighted by Crippen LogP contribution is -2.30. The van der Waals surface area contributed by atoms with Crippen molar-refractivity contribution in [3.63, 3.8) is 0 Å². The molecule has 1 aromatic heterocycles. The van der Waals surface area contributed by atoms with Gasteiger partial charge in [-0.3, -0.25) is 0 Å². The zero-order valence-electron chi connectivity index (χ0n) is 11.3. The molecule has 0 aliphatic rings. The Morgan fingerprint density at radius 2 is 2.15 bits per heavy atom. The molecule has 2 aromatic rings. The molecule has 0 saturated carbocycles. The summed E-state index contributed by atoms with van der Waals surface area (Å²) in [5.74, 6) is 1.25. The monoisotopic (exact) mass is 290 g/mol. The molecule has 0 radical (unpaired) electrons. The van der Waals surface area contributed by atoms with Gasteiger partial charge in [-0.2, -0.15) is 5.26 Å². The first-order valence-corrected chi connectivity index (χ1v) is 6.53. The molecule has 0 aliphatic heterocycles. The molecule has 2 rings (SSSR count). The number of nitrogens with one attached hydrogen (secondary N) is 1. The van der Waals surface area contributed by atoms with Gasteiger partial charge < -0.3 is 14.8 Å². The van der Waals surface area contributed by atoms with Crippen molar-refractivity contribution in [3.8, 4) is 6.07 Å². The molecular weight excluding hydrogens is 276 g/mol. The molecule has 4 nitrogen and oxygen atoms in total. The highest BCUT2D eigenvalue weighted by atomic mass is 35.5. The molecule has 1 heterocycles. The summed E-state index contributed by atoms with van der Waals surface area (Å²) in [6, 6.07) is 10.6. The second-order valence-corrected chi connectivity index (χ2v) is 5.25. The van der Waals surface area contributed by atoms with Crippen molar-refractivity contribution >= 4 is 17.3 Å². The number of rotatable bonds is 4. The second kappa shape index (κ2) is 5.58. The Morgan fingerprint density at radius 1 is 1.40 bits per heavy atom. The van der Waals surface area contributed by atoms with Crippen LogP contribution in [0.25, 0.3) is 0 Å². The van der Waals surface area contributed by atoms with E-state index >= 15 is 0 Å². The summed E-state index contributed by atoms with van der Waals surface area (Å²) in [5.41, 5.74) is 0.0254. The number of hydrogen-bond acceptors (Lipinski definition) is 4. The molecule has 0 saturated heterocycles. The predicted molar refractivity (Wildman–Crippen MR) is 77.7 cm³/mol. The SMILES string of the molecule is Cc1ccc(C(C)(O)CNc2ccc(C#N)c(Cl)c2)o1. The Labute approximate surface area is 122 Å². The van der Waals surface area contributed by atoms with Crippen LogP contribution in [-0.4, -0.2) is 11.7 Å². The maximum Gasteiger partial charge on any atom is 0.137 e. The predicted octanol–water partition coefficient (Wildman–Crippen LogP) is 3.43. The second-order valence-electron chi connectivity index (χ2n) is 4.84. The minimum atomic E-state index is -1.13. The summed E-state index contributed by atoms with van der Waals surface area (Å²) in [5, 5.41) is 22.7. The molecule has 5 heteroatoms. The van der Waals surface area contributed by atoms with Crippen molar-refractivity contribution in [2.75, 3.05) is 11.9 Å². The average molecular weight is 291 g/mol. The number of benzene rings is 1. The van der Waals surface area contributed by atoms with Gasteiger partial charge in [0.1, 0.15) is 23.2 Å². The normalized spacial score (nSPS) is 13.6. The fraction of sp³-hybridized carbons (Fsp3) is 0.267. The molecule has 0 bridgehead atoms. The van der Waals surface area contributed by atoms with Crippen LogP contribution >= 0.6 is 11.6 Å². The Balaban J connectivity index is 2.08. The number of anilines is 1. The zero-order valence-corrected chi connectivity index (χ0v) is 12.0. The third-order valence-corrected chi connectivity index (χ3v) is 3.31. The third-order valence-electron chi connectivity index (χ3n) is 3.00. The maximum atomic E-state index is 10.4. The largest absolute Gasteiger partial charge is 0.463 e. The Kier molecular flexibility index (Phi) is 4.03. The Hall–Kier alpha value is -1.96. The van der Waals surface area contributed by atoms with Crippen LogP contribution in [0.4, 0.5) is 5.69 Å². The topological polar surface area (TPSA) is 69.2 Å². The first-order valence-electron chi connectivity index (χ1n) is 6.15. The summed E-state index contributed by atoms with van der Waals surface area (Å²) < 4.78 is 5.44. The van der Waals surface area contributed by atoms with E-state index in [2.05, 4.69) is 5.32 Å². The lowest BCUT2D eigenvalue weighted by atomic mass is 10.0. The number of halogens is 1. The van der Waals surface area contributed by atoms with E-state index in [1.807, 2.05) is 19.1 Å². The van der Waals surface area contributed by atoms with Crippen LogP contribution in [0.5, 0.6) is 0 Å². The smallest absolute Gasteiger partial charge is 0.137 e. The Bertz CT molecular complexity index is 656. The number of aliphatic hydroxyl groups is 1. The molecule has 20 heavy (non-hydrogen) atoms. The molecule has 2 N–H and O–H groups in total. The van der Waals surface area contributed by atoms with Gasteiger partial charge >= 0.3 is 0 Å². The van der Waals surface area contributed by atoms with Crippen LogP contribution < -0.4 is 5.32 Å². The average Bonchev–Trinajstić information content (AvgIpc) is 2.84. The number of nitriles is 1. The quantitative estimate of drug-likeness (QED) is 0.905. The van der Waals surface area contributed by atoms with E-state index in [0.717, 1.165) is 11.4 Å². The van der Waals surface area contributed by atoms with Gasteiger partial charge in [0.25, 0.3) is 0 Å². The van der Waals surface area contributed by atoms with Crippen molar-refractivity contribution in [1.29, 1.82) is 5.26 Å². The molecular formula is C15H15ClN2O2. The standard InChI is InChI=1S/C15H15ClN2O2/c1-10-3-6-14(20-10)15(2,19)9-18-12-5-4-11(8-17)13(16)7-12/h3-7,18-19H,9H2,1-2H3. The van der Waals surface area contributed by atoms with Crippen LogP contribution in [-0.2, 0) is 5.60 Å². The molecule has 0 amide bonds. The highest BCUT2D eigenvalue weighted by Crippen LogP contribution is 2.25. The van der Waals surface area contributed by atoms with Crippen molar-refractivity contribution in [2.45, 2.75) is 19.4 Å². The van der Waals surface area contributed by atoms with Crippen molar-refractivity contribution in [1.82, 2.24) is 0 Å². The first-order chi connectivity index (χ1) is 9.42. The summed E-state index contributed by atoms with van der Waals surface area (Å²) >= 11 is 5.96. The lowest BCUT2D eigenvalue weighted by molar-refractivity contribution is 0.0468. The van der Waals surface area contributed by atoms with Gasteiger partial charge in [-0.25, -0.2) is 0 Å². The van der Waals surface area contributed by atoms with Gasteiger partial charge in [-0.1, -0.05) is 11.6 Å². The van der Waals surface area contributed by atoms with Crippen LogP contribution in [0, 0.1) is 18.3 Å². The summed E-state index contributed by atoms with van der Waals surface area (Å²) in [6.07, 6.45) is 0. The fourth-order valence-electron chi connectivity index (χ4n) is 1.80. The number of furan rings is 1. The van der Waals surface area contributed by atoms with Gasteiger partial charge in [-0.05, 0) is 44.2 Å². The molecule has 0 spiro atoms. The third kappa shape index (κ3) is 3.13. The highest BCUT2D eigenvalue weighted by Gasteiger charge is 2.26. The van der Waals surface area contributed by atoms with Gasteiger partial charge in [0.05, 0.1) is 17.1 Å². The van der Waals surface area contributed by atoms with Gasteiger partial charge in [0, 0.05) is 5.69 Å². The minimum Gasteiger partial charge on any atom is -0.463 e. The van der Waals surface area contributed by atoms with E-state index in [9.17, 15) is 5.11 Å². The Morgan fingerprint density at radius 3 is 2.70 bits per heavy atom. The first kappa shape index (κ1) is 14.4. The highest BCUT2D eigenvalue weighted by molar-refractivity contribution is 6.32. The van der Waals surface area contributed by atoms with E-state index in [1.165, 1.54) is 0 Å². The number of nitrogens with zero attached hydrogens (tertiary/aromatic N) is 1. The number of aryl methyl sites for hydroxylation is 1. The summed E-state index contributed by atoms with van der Waals surface area (Å²) in [4.78, 5) is 0. The van der Waals surface area contributed by atoms with Crippen molar-refractivity contribution < 1.29 is 9.52 Å². The van der Waals surface area contributed by atoms with E-state index in [-0.39, 0.29) is 6.54 Å². The van der Waals surface area contributed by atoms with E-state index < -0.39 is 5.60 Å². The molecule has 1 unspecified atom stereocenters. The van der Waals surface area contributed by atoms with E-state index in [4.69, 9.17) is 21.3 Å². The van der Waals surface area contributed by atoms with Crippen LogP contribution in [0.3, 0.4) is 0 Å². The lowest BCUT2D eigenvalue weighted by Gasteiger charge is -2.22. The minimum absolute atomic E-state index is 0.266. The molecule has 1 atom stereocenters. The molecule has 104 valence electrons. The zero-order chi connectivity index (χ0) is 14.8. The van der Waals surface area contributed by atoms with E-state index in [0.29, 0.717) is 16.3 Å². The maximum absolute atomic E-state index is 10.4. The van der Waals surface area contributed by atoms with Crippen LogP contribution in [0.15, 0.2) is 34.7 Å². The van der Waals surface area contributed by atoms with Gasteiger partial charge in [0.15, 0.2) is 0 Å². The number of hydrogen-bond donors (Lipinski definition) is 2. The fourth-order valence-corrected chi connectivity index (χ4v) is 2.02.